The Morgan fingerprint density at radius 2 is 1.59 bits per heavy atom. The molecule has 0 heterocycles. The van der Waals surface area contributed by atoms with Gasteiger partial charge in [0.15, 0.2) is 0 Å². The zero-order valence-corrected chi connectivity index (χ0v) is 17.6. The lowest BCUT2D eigenvalue weighted by Crippen LogP contribution is -2.17. The third kappa shape index (κ3) is 5.85. The summed E-state index contributed by atoms with van der Waals surface area (Å²) in [6.07, 6.45) is 1.48. The average molecular weight is 434 g/mol. The number of nitrogens with one attached hydrogen (secondary N) is 1. The summed E-state index contributed by atoms with van der Waals surface area (Å²) < 4.78 is 16.2. The van der Waals surface area contributed by atoms with Crippen LogP contribution in [0.2, 0.25) is 0 Å². The lowest BCUT2D eigenvalue weighted by Gasteiger charge is -2.09. The van der Waals surface area contributed by atoms with Gasteiger partial charge in [0.05, 0.1) is 26.0 Å². The predicted octanol–water partition coefficient (Wildman–Crippen LogP) is 3.74. The van der Waals surface area contributed by atoms with Crippen molar-refractivity contribution in [2.75, 3.05) is 14.2 Å². The van der Waals surface area contributed by atoms with Crippen LogP contribution in [0.3, 0.4) is 0 Å². The quantitative estimate of drug-likeness (QED) is 0.393. The highest BCUT2D eigenvalue weighted by atomic mass is 16.5. The van der Waals surface area contributed by atoms with Crippen molar-refractivity contribution in [1.29, 1.82) is 0 Å². The summed E-state index contributed by atoms with van der Waals surface area (Å²) in [4.78, 5) is 23.4. The molecular formula is C24H22N2O6. The van der Waals surface area contributed by atoms with Crippen LogP contribution < -0.4 is 19.6 Å². The summed E-state index contributed by atoms with van der Waals surface area (Å²) in [5.74, 6) is 0.155. The minimum absolute atomic E-state index is 0.214. The van der Waals surface area contributed by atoms with Crippen molar-refractivity contribution in [3.63, 3.8) is 0 Å². The van der Waals surface area contributed by atoms with Gasteiger partial charge in [-0.25, -0.2) is 10.2 Å². The van der Waals surface area contributed by atoms with Crippen LogP contribution in [-0.4, -0.2) is 37.4 Å². The second kappa shape index (κ2) is 10.6. The molecule has 0 saturated carbocycles. The van der Waals surface area contributed by atoms with Crippen LogP contribution in [-0.2, 0) is 6.61 Å². The SMILES string of the molecule is COc1cc(OC)cc(C(=O)N/N=C\c2ccccc2OCc2ccc(C(=O)O)cc2)c1. The van der Waals surface area contributed by atoms with Crippen LogP contribution in [0.25, 0.3) is 0 Å². The van der Waals surface area contributed by atoms with Crippen molar-refractivity contribution in [3.05, 3.63) is 89.0 Å². The van der Waals surface area contributed by atoms with Crippen molar-refractivity contribution in [2.24, 2.45) is 5.10 Å². The number of carboxylic acid groups (broad SMARTS) is 1. The van der Waals surface area contributed by atoms with E-state index in [1.807, 2.05) is 12.1 Å². The van der Waals surface area contributed by atoms with Gasteiger partial charge in [-0.15, -0.1) is 0 Å². The summed E-state index contributed by atoms with van der Waals surface area (Å²) in [6, 6.07) is 18.5. The van der Waals surface area contributed by atoms with E-state index >= 15 is 0 Å². The molecule has 0 fully saturated rings. The second-order valence-corrected chi connectivity index (χ2v) is 6.63. The molecule has 0 aliphatic heterocycles. The summed E-state index contributed by atoms with van der Waals surface area (Å²) in [6.45, 7) is 0.251. The number of hydrogen-bond donors (Lipinski definition) is 2. The number of hydrogen-bond acceptors (Lipinski definition) is 6. The minimum Gasteiger partial charge on any atom is -0.497 e. The van der Waals surface area contributed by atoms with Gasteiger partial charge >= 0.3 is 5.97 Å². The van der Waals surface area contributed by atoms with Gasteiger partial charge in [0.1, 0.15) is 23.9 Å². The maximum absolute atomic E-state index is 12.4. The molecule has 0 unspecified atom stereocenters. The summed E-state index contributed by atoms with van der Waals surface area (Å²) >= 11 is 0. The van der Waals surface area contributed by atoms with Gasteiger partial charge in [-0.1, -0.05) is 24.3 Å². The summed E-state index contributed by atoms with van der Waals surface area (Å²) in [5, 5.41) is 13.0. The molecule has 32 heavy (non-hydrogen) atoms. The molecule has 164 valence electrons. The van der Waals surface area contributed by atoms with Gasteiger partial charge in [0, 0.05) is 17.2 Å². The van der Waals surface area contributed by atoms with Crippen LogP contribution in [0.5, 0.6) is 17.2 Å². The van der Waals surface area contributed by atoms with Gasteiger partial charge in [0.2, 0.25) is 0 Å². The van der Waals surface area contributed by atoms with E-state index in [2.05, 4.69) is 10.5 Å². The monoisotopic (exact) mass is 434 g/mol. The van der Waals surface area contributed by atoms with Crippen LogP contribution in [0.1, 0.15) is 31.8 Å². The normalized spacial score (nSPS) is 10.6. The number of para-hydroxylation sites is 1. The molecule has 0 radical (unpaired) electrons. The van der Waals surface area contributed by atoms with Crippen molar-refractivity contribution in [3.8, 4) is 17.2 Å². The van der Waals surface area contributed by atoms with Crippen molar-refractivity contribution < 1.29 is 28.9 Å². The number of carbonyl (C=O) groups is 2. The number of carbonyl (C=O) groups excluding carboxylic acids is 1. The lowest BCUT2D eigenvalue weighted by molar-refractivity contribution is 0.0696. The molecule has 0 aliphatic rings. The maximum atomic E-state index is 12.4. The molecule has 0 atom stereocenters. The minimum atomic E-state index is -0.978. The molecule has 0 aromatic heterocycles. The molecule has 0 spiro atoms. The van der Waals surface area contributed by atoms with Gasteiger partial charge in [-0.3, -0.25) is 4.79 Å². The van der Waals surface area contributed by atoms with E-state index in [-0.39, 0.29) is 12.2 Å². The van der Waals surface area contributed by atoms with E-state index in [0.717, 1.165) is 5.56 Å². The fraction of sp³-hybridized carbons (Fsp3) is 0.125. The first-order valence-electron chi connectivity index (χ1n) is 9.60. The Morgan fingerprint density at radius 1 is 0.938 bits per heavy atom. The molecule has 0 aliphatic carbocycles. The first-order valence-corrected chi connectivity index (χ1v) is 9.60. The van der Waals surface area contributed by atoms with E-state index in [1.165, 1.54) is 32.6 Å². The lowest BCUT2D eigenvalue weighted by atomic mass is 10.1. The molecule has 3 rings (SSSR count). The average Bonchev–Trinajstić information content (AvgIpc) is 2.83. The Balaban J connectivity index is 1.65. The zero-order valence-electron chi connectivity index (χ0n) is 17.6. The Bertz CT molecular complexity index is 1100. The molecule has 1 amide bonds. The van der Waals surface area contributed by atoms with Crippen molar-refractivity contribution in [2.45, 2.75) is 6.61 Å². The van der Waals surface area contributed by atoms with E-state index in [9.17, 15) is 9.59 Å². The number of ether oxygens (including phenoxy) is 3. The number of nitrogens with zero attached hydrogens (tertiary/aromatic N) is 1. The van der Waals surface area contributed by atoms with Crippen LogP contribution in [0.15, 0.2) is 71.8 Å². The first-order chi connectivity index (χ1) is 15.5. The highest BCUT2D eigenvalue weighted by molar-refractivity contribution is 5.96. The number of aromatic carboxylic acids is 1. The molecule has 2 N–H and O–H groups in total. The second-order valence-electron chi connectivity index (χ2n) is 6.63. The Hall–Kier alpha value is -4.33. The van der Waals surface area contributed by atoms with Gasteiger partial charge in [-0.05, 0) is 42.0 Å². The van der Waals surface area contributed by atoms with Crippen LogP contribution in [0.4, 0.5) is 0 Å². The third-order valence-corrected chi connectivity index (χ3v) is 4.50. The fourth-order valence-corrected chi connectivity index (χ4v) is 2.79. The number of rotatable bonds is 9. The van der Waals surface area contributed by atoms with Gasteiger partial charge in [-0.2, -0.15) is 5.10 Å². The van der Waals surface area contributed by atoms with E-state index in [4.69, 9.17) is 19.3 Å². The van der Waals surface area contributed by atoms with Gasteiger partial charge < -0.3 is 19.3 Å². The van der Waals surface area contributed by atoms with E-state index in [1.54, 1.807) is 42.5 Å². The Morgan fingerprint density at radius 3 is 2.22 bits per heavy atom. The molecule has 0 bridgehead atoms. The fourth-order valence-electron chi connectivity index (χ4n) is 2.79. The molecule has 8 nitrogen and oxygen atoms in total. The zero-order chi connectivity index (χ0) is 22.9. The Kier molecular flexibility index (Phi) is 7.42. The molecular weight excluding hydrogens is 412 g/mol. The predicted molar refractivity (Wildman–Crippen MR) is 119 cm³/mol. The number of hydrazone groups is 1. The topological polar surface area (TPSA) is 106 Å². The van der Waals surface area contributed by atoms with E-state index < -0.39 is 11.9 Å². The smallest absolute Gasteiger partial charge is 0.335 e. The largest absolute Gasteiger partial charge is 0.497 e. The number of methoxy groups -OCH3 is 2. The number of benzene rings is 3. The first kappa shape index (κ1) is 22.4. The highest BCUT2D eigenvalue weighted by Gasteiger charge is 2.09. The summed E-state index contributed by atoms with van der Waals surface area (Å²) in [7, 11) is 3.01. The van der Waals surface area contributed by atoms with E-state index in [0.29, 0.717) is 28.4 Å². The molecule has 0 saturated heterocycles. The molecule has 8 heteroatoms. The highest BCUT2D eigenvalue weighted by Crippen LogP contribution is 2.22. The standard InChI is InChI=1S/C24H22N2O6/c1-30-20-11-19(12-21(13-20)31-2)23(27)26-25-14-18-5-3-4-6-22(18)32-15-16-7-9-17(10-8-16)24(28)29/h3-14H,15H2,1-2H3,(H,26,27)(H,28,29)/b25-14-. The number of carboxylic acids is 1. The van der Waals surface area contributed by atoms with Crippen LogP contribution >= 0.6 is 0 Å². The van der Waals surface area contributed by atoms with Crippen molar-refractivity contribution >= 4 is 18.1 Å². The number of amides is 1. The van der Waals surface area contributed by atoms with Crippen LogP contribution in [0, 0.1) is 0 Å². The Labute approximate surface area is 185 Å². The maximum Gasteiger partial charge on any atom is 0.335 e. The summed E-state index contributed by atoms with van der Waals surface area (Å²) in [5.41, 5.74) is 4.52. The molecule has 3 aromatic rings. The van der Waals surface area contributed by atoms with Gasteiger partial charge in [0.25, 0.3) is 5.91 Å². The molecule has 3 aromatic carbocycles. The third-order valence-electron chi connectivity index (χ3n) is 4.50. The van der Waals surface area contributed by atoms with Crippen molar-refractivity contribution in [1.82, 2.24) is 5.43 Å².